The Morgan fingerprint density at radius 1 is 1.00 bits per heavy atom. The molecule has 37 heavy (non-hydrogen) atoms. The molecule has 2 aromatic rings. The largest absolute Gasteiger partial charge is 0.507 e. The lowest BCUT2D eigenvalue weighted by atomic mass is 9.93. The van der Waals surface area contributed by atoms with Gasteiger partial charge in [-0.25, -0.2) is 0 Å². The molecular weight excluding hydrogens is 472 g/mol. The van der Waals surface area contributed by atoms with Crippen LogP contribution in [0.3, 0.4) is 0 Å². The Labute approximate surface area is 219 Å². The van der Waals surface area contributed by atoms with E-state index in [9.17, 15) is 14.7 Å². The third-order valence-electron chi connectivity index (χ3n) is 6.74. The molecule has 0 bridgehead atoms. The van der Waals surface area contributed by atoms with E-state index in [2.05, 4.69) is 18.7 Å². The number of carbonyl (C=O) groups is 2. The lowest BCUT2D eigenvalue weighted by Crippen LogP contribution is -2.38. The van der Waals surface area contributed by atoms with Crippen LogP contribution in [0.4, 0.5) is 0 Å². The van der Waals surface area contributed by atoms with Crippen LogP contribution in [-0.4, -0.2) is 73.6 Å². The highest BCUT2D eigenvalue weighted by Gasteiger charge is 2.46. The number of benzene rings is 2. The molecule has 1 atom stereocenters. The maximum absolute atomic E-state index is 13.4. The van der Waals surface area contributed by atoms with Gasteiger partial charge in [0.05, 0.1) is 32.4 Å². The van der Waals surface area contributed by atoms with E-state index in [-0.39, 0.29) is 11.3 Å². The van der Waals surface area contributed by atoms with Crippen molar-refractivity contribution in [3.8, 4) is 17.2 Å². The Hall–Kier alpha value is -3.52. The second kappa shape index (κ2) is 12.6. The van der Waals surface area contributed by atoms with Crippen molar-refractivity contribution in [2.75, 3.05) is 47.0 Å². The molecule has 0 saturated carbocycles. The highest BCUT2D eigenvalue weighted by atomic mass is 16.5. The number of hydrogen-bond donors (Lipinski definition) is 1. The molecule has 1 fully saturated rings. The number of rotatable bonds is 12. The SMILES string of the molecule is CCCOc1ccc(C(O)=C2C(=O)C(=O)N(CCN(CC)CC)C2c2ccc(OC)c(OC)c2)c(C)c1. The van der Waals surface area contributed by atoms with Gasteiger partial charge < -0.3 is 29.1 Å². The number of likely N-dealkylation sites (tertiary alicyclic amines) is 1. The summed E-state index contributed by atoms with van der Waals surface area (Å²) in [7, 11) is 3.08. The van der Waals surface area contributed by atoms with Crippen molar-refractivity contribution in [3.63, 3.8) is 0 Å². The molecule has 1 unspecified atom stereocenters. The first-order chi connectivity index (χ1) is 17.8. The summed E-state index contributed by atoms with van der Waals surface area (Å²) in [5, 5.41) is 11.5. The first-order valence-corrected chi connectivity index (χ1v) is 12.8. The van der Waals surface area contributed by atoms with Gasteiger partial charge in [0.2, 0.25) is 0 Å². The molecule has 1 aliphatic heterocycles. The van der Waals surface area contributed by atoms with Gasteiger partial charge in [-0.2, -0.15) is 0 Å². The van der Waals surface area contributed by atoms with Gasteiger partial charge in [0, 0.05) is 18.7 Å². The fraction of sp³-hybridized carbons (Fsp3) is 0.448. The first kappa shape index (κ1) is 28.1. The number of aliphatic hydroxyl groups excluding tert-OH is 1. The molecule has 0 aliphatic carbocycles. The summed E-state index contributed by atoms with van der Waals surface area (Å²) in [5.41, 5.74) is 1.93. The highest BCUT2D eigenvalue weighted by Crippen LogP contribution is 2.42. The summed E-state index contributed by atoms with van der Waals surface area (Å²) in [6, 6.07) is 9.83. The zero-order chi connectivity index (χ0) is 27.1. The van der Waals surface area contributed by atoms with Crippen molar-refractivity contribution in [3.05, 3.63) is 58.7 Å². The fourth-order valence-electron chi connectivity index (χ4n) is 4.63. The molecule has 3 rings (SSSR count). The van der Waals surface area contributed by atoms with Crippen LogP contribution in [0, 0.1) is 6.92 Å². The Morgan fingerprint density at radius 2 is 1.70 bits per heavy atom. The molecule has 0 spiro atoms. The van der Waals surface area contributed by atoms with E-state index >= 15 is 0 Å². The van der Waals surface area contributed by atoms with Gasteiger partial charge in [-0.1, -0.05) is 26.8 Å². The molecule has 1 heterocycles. The number of amides is 1. The number of Topliss-reactive ketones (excluding diaryl/α,β-unsaturated/α-hetero) is 1. The normalized spacial score (nSPS) is 16.9. The number of nitrogens with zero attached hydrogens (tertiary/aromatic N) is 2. The van der Waals surface area contributed by atoms with E-state index < -0.39 is 17.7 Å². The van der Waals surface area contributed by atoms with Crippen LogP contribution in [0.5, 0.6) is 17.2 Å². The van der Waals surface area contributed by atoms with Crippen molar-refractivity contribution in [2.24, 2.45) is 0 Å². The van der Waals surface area contributed by atoms with Crippen molar-refractivity contribution in [1.82, 2.24) is 9.80 Å². The van der Waals surface area contributed by atoms with Crippen molar-refractivity contribution < 1.29 is 28.9 Å². The summed E-state index contributed by atoms with van der Waals surface area (Å²) in [6.45, 7) is 11.2. The summed E-state index contributed by atoms with van der Waals surface area (Å²) >= 11 is 0. The molecule has 2 aromatic carbocycles. The lowest BCUT2D eigenvalue weighted by molar-refractivity contribution is -0.140. The number of likely N-dealkylation sites (N-methyl/N-ethyl adjacent to an activating group) is 1. The Bertz CT molecular complexity index is 1160. The summed E-state index contributed by atoms with van der Waals surface area (Å²) < 4.78 is 16.6. The zero-order valence-electron chi connectivity index (χ0n) is 22.7. The first-order valence-electron chi connectivity index (χ1n) is 12.8. The minimum absolute atomic E-state index is 0.0575. The monoisotopic (exact) mass is 510 g/mol. The van der Waals surface area contributed by atoms with Crippen molar-refractivity contribution >= 4 is 17.4 Å². The fourth-order valence-corrected chi connectivity index (χ4v) is 4.63. The number of aliphatic hydroxyl groups is 1. The summed E-state index contributed by atoms with van der Waals surface area (Å²) in [4.78, 5) is 30.4. The Balaban J connectivity index is 2.14. The Kier molecular flexibility index (Phi) is 9.58. The summed E-state index contributed by atoms with van der Waals surface area (Å²) in [5.74, 6) is 0.152. The third kappa shape index (κ3) is 5.91. The van der Waals surface area contributed by atoms with Crippen LogP contribution in [0.1, 0.15) is 49.9 Å². The maximum Gasteiger partial charge on any atom is 0.295 e. The number of ketones is 1. The smallest absolute Gasteiger partial charge is 0.295 e. The molecule has 8 nitrogen and oxygen atoms in total. The van der Waals surface area contributed by atoms with Gasteiger partial charge in [0.15, 0.2) is 11.5 Å². The van der Waals surface area contributed by atoms with Crippen LogP contribution >= 0.6 is 0 Å². The van der Waals surface area contributed by atoms with E-state index in [1.165, 1.54) is 7.11 Å². The standard InChI is InChI=1S/C29H38N2O6/c1-7-16-37-21-11-12-22(19(4)17-21)27(32)25-26(20-10-13-23(35-5)24(18-20)36-6)31(29(34)28(25)33)15-14-30(8-2)9-3/h10-13,17-18,26,32H,7-9,14-16H2,1-6H3. The minimum atomic E-state index is -0.772. The highest BCUT2D eigenvalue weighted by molar-refractivity contribution is 6.46. The molecule has 8 heteroatoms. The number of methoxy groups -OCH3 is 2. The van der Waals surface area contributed by atoms with Crippen molar-refractivity contribution in [1.29, 1.82) is 0 Å². The second-order valence-electron chi connectivity index (χ2n) is 8.96. The number of hydrogen-bond acceptors (Lipinski definition) is 7. The second-order valence-corrected chi connectivity index (χ2v) is 8.96. The van der Waals surface area contributed by atoms with Gasteiger partial charge in [-0.05, 0) is 67.9 Å². The van der Waals surface area contributed by atoms with Gasteiger partial charge in [0.25, 0.3) is 11.7 Å². The van der Waals surface area contributed by atoms with Gasteiger partial charge in [-0.3, -0.25) is 9.59 Å². The predicted octanol–water partition coefficient (Wildman–Crippen LogP) is 4.56. The van der Waals surface area contributed by atoms with E-state index in [0.717, 1.165) is 25.1 Å². The Morgan fingerprint density at radius 3 is 2.30 bits per heavy atom. The molecule has 1 amide bonds. The van der Waals surface area contributed by atoms with E-state index in [0.29, 0.717) is 48.1 Å². The van der Waals surface area contributed by atoms with E-state index in [1.54, 1.807) is 42.3 Å². The van der Waals surface area contributed by atoms with Gasteiger partial charge in [0.1, 0.15) is 11.5 Å². The van der Waals surface area contributed by atoms with Crippen molar-refractivity contribution in [2.45, 2.75) is 40.2 Å². The summed E-state index contributed by atoms with van der Waals surface area (Å²) in [6.07, 6.45) is 0.878. The number of aryl methyl sites for hydroxylation is 1. The zero-order valence-corrected chi connectivity index (χ0v) is 22.7. The maximum atomic E-state index is 13.4. The molecule has 1 saturated heterocycles. The number of carbonyl (C=O) groups excluding carboxylic acids is 2. The molecule has 0 aromatic heterocycles. The van der Waals surface area contributed by atoms with Gasteiger partial charge >= 0.3 is 0 Å². The van der Waals surface area contributed by atoms with Crippen LogP contribution < -0.4 is 14.2 Å². The lowest BCUT2D eigenvalue weighted by Gasteiger charge is -2.28. The quantitative estimate of drug-likeness (QED) is 0.254. The van der Waals surface area contributed by atoms with Crippen LogP contribution in [0.25, 0.3) is 5.76 Å². The van der Waals surface area contributed by atoms with Gasteiger partial charge in [-0.15, -0.1) is 0 Å². The topological polar surface area (TPSA) is 88.5 Å². The molecule has 1 N–H and O–H groups in total. The van der Waals surface area contributed by atoms with Crippen LogP contribution in [0.15, 0.2) is 42.0 Å². The third-order valence-corrected chi connectivity index (χ3v) is 6.74. The average molecular weight is 511 g/mol. The molecule has 0 radical (unpaired) electrons. The van der Waals surface area contributed by atoms with E-state index in [4.69, 9.17) is 14.2 Å². The average Bonchev–Trinajstić information content (AvgIpc) is 3.16. The molecule has 200 valence electrons. The number of ether oxygens (including phenoxy) is 3. The molecular formula is C29H38N2O6. The van der Waals surface area contributed by atoms with Crippen LogP contribution in [0.2, 0.25) is 0 Å². The molecule has 1 aliphatic rings. The minimum Gasteiger partial charge on any atom is -0.507 e. The van der Waals surface area contributed by atoms with Crippen LogP contribution in [-0.2, 0) is 9.59 Å². The van der Waals surface area contributed by atoms with E-state index in [1.807, 2.05) is 19.9 Å². The predicted molar refractivity (Wildman–Crippen MR) is 143 cm³/mol.